The molecule has 0 spiro atoms. The highest BCUT2D eigenvalue weighted by molar-refractivity contribution is 5.66. The summed E-state index contributed by atoms with van der Waals surface area (Å²) in [7, 11) is 0. The van der Waals surface area contributed by atoms with Crippen LogP contribution in [0.2, 0.25) is 0 Å². The van der Waals surface area contributed by atoms with E-state index in [-0.39, 0.29) is 6.42 Å². The van der Waals surface area contributed by atoms with Gasteiger partial charge in [0.1, 0.15) is 4.92 Å². The molecule has 1 aliphatic carbocycles. The van der Waals surface area contributed by atoms with Crippen molar-refractivity contribution in [2.75, 3.05) is 0 Å². The summed E-state index contributed by atoms with van der Waals surface area (Å²) >= 11 is 0. The van der Waals surface area contributed by atoms with Gasteiger partial charge >= 0.3 is 5.91 Å². The molecule has 0 aromatic carbocycles. The molecule has 0 unspecified atom stereocenters. The number of nitro groups is 1. The molecule has 0 N–H and O–H groups in total. The molecule has 4 heteroatoms. The van der Waals surface area contributed by atoms with Gasteiger partial charge in [0.05, 0.1) is 6.42 Å². The van der Waals surface area contributed by atoms with Crippen molar-refractivity contribution in [1.82, 2.24) is 0 Å². The van der Waals surface area contributed by atoms with E-state index >= 15 is 0 Å². The lowest BCUT2D eigenvalue weighted by Crippen LogP contribution is -2.10. The minimum atomic E-state index is -0.829. The van der Waals surface area contributed by atoms with Crippen LogP contribution >= 0.6 is 0 Å². The summed E-state index contributed by atoms with van der Waals surface area (Å²) in [4.78, 5) is 20.4. The second-order valence-corrected chi connectivity index (χ2v) is 7.61. The molecular weight excluding hydrogens is 302 g/mol. The summed E-state index contributed by atoms with van der Waals surface area (Å²) in [5.41, 5.74) is 0. The molecule has 0 aromatic rings. The van der Waals surface area contributed by atoms with Gasteiger partial charge < -0.3 is 0 Å². The van der Waals surface area contributed by atoms with Crippen LogP contribution in [0.5, 0.6) is 0 Å². The van der Waals surface area contributed by atoms with Gasteiger partial charge in [-0.3, -0.25) is 10.1 Å². The van der Waals surface area contributed by atoms with Crippen molar-refractivity contribution in [3.8, 4) is 0 Å². The van der Waals surface area contributed by atoms with E-state index in [4.69, 9.17) is 0 Å². The van der Waals surface area contributed by atoms with E-state index in [0.29, 0.717) is 6.42 Å². The zero-order valence-corrected chi connectivity index (χ0v) is 15.6. The normalized spacial score (nSPS) is 20.4. The Morgan fingerprint density at radius 3 is 1.92 bits per heavy atom. The highest BCUT2D eigenvalue weighted by Gasteiger charge is 2.26. The molecular formula is C20H37NO3. The summed E-state index contributed by atoms with van der Waals surface area (Å²) in [6, 6.07) is 0. The Kier molecular flexibility index (Phi) is 11.8. The molecule has 1 aliphatic rings. The van der Waals surface area contributed by atoms with Gasteiger partial charge in [0, 0.05) is 0 Å². The molecule has 0 heterocycles. The second kappa shape index (κ2) is 13.4. The average Bonchev–Trinajstić information content (AvgIpc) is 3.01. The van der Waals surface area contributed by atoms with Gasteiger partial charge in [0.2, 0.25) is 0 Å². The molecule has 0 saturated heterocycles. The van der Waals surface area contributed by atoms with Crippen LogP contribution in [0.4, 0.5) is 0 Å². The van der Waals surface area contributed by atoms with Gasteiger partial charge in [-0.1, -0.05) is 96.8 Å². The van der Waals surface area contributed by atoms with E-state index < -0.39 is 10.8 Å². The van der Waals surface area contributed by atoms with Gasteiger partial charge in [0.15, 0.2) is 0 Å². The Hall–Kier alpha value is -0.930. The van der Waals surface area contributed by atoms with Gasteiger partial charge in [-0.05, 0) is 18.3 Å². The fourth-order valence-corrected chi connectivity index (χ4v) is 4.19. The molecule has 0 bridgehead atoms. The predicted octanol–water partition coefficient (Wildman–Crippen LogP) is 6.30. The largest absolute Gasteiger partial charge is 0.444 e. The van der Waals surface area contributed by atoms with Crippen molar-refractivity contribution in [3.63, 3.8) is 0 Å². The van der Waals surface area contributed by atoms with Crippen molar-refractivity contribution in [2.24, 2.45) is 11.8 Å². The summed E-state index contributed by atoms with van der Waals surface area (Å²) in [6.07, 6.45) is 19.4. The summed E-state index contributed by atoms with van der Waals surface area (Å²) in [6.45, 7) is 2.27. The third-order valence-corrected chi connectivity index (χ3v) is 5.66. The third-order valence-electron chi connectivity index (χ3n) is 5.66. The van der Waals surface area contributed by atoms with Crippen molar-refractivity contribution in [3.05, 3.63) is 10.1 Å². The summed E-state index contributed by atoms with van der Waals surface area (Å²) in [5.74, 6) is 1.04. The first-order valence-electron chi connectivity index (χ1n) is 10.3. The molecule has 0 aromatic heterocycles. The summed E-state index contributed by atoms with van der Waals surface area (Å²) in [5, 5.41) is 10.2. The van der Waals surface area contributed by atoms with Crippen LogP contribution in [0.3, 0.4) is 0 Å². The monoisotopic (exact) mass is 339 g/mol. The molecule has 2 atom stereocenters. The van der Waals surface area contributed by atoms with E-state index in [1.807, 2.05) is 0 Å². The van der Waals surface area contributed by atoms with Crippen molar-refractivity contribution in [1.29, 1.82) is 0 Å². The molecule has 24 heavy (non-hydrogen) atoms. The standard InChI is InChI=1S/C20H37NO3/c1-2-3-4-5-6-9-13-18-15-12-16-19(18)14-10-7-8-11-17-20(22)21(23)24/h18-19H,2-17H2,1H3/t18-,19-/m0/s1. The molecule has 1 saturated carbocycles. The molecule has 1 fully saturated rings. The highest BCUT2D eigenvalue weighted by Crippen LogP contribution is 2.38. The van der Waals surface area contributed by atoms with Crippen LogP contribution in [-0.2, 0) is 4.79 Å². The topological polar surface area (TPSA) is 60.2 Å². The lowest BCUT2D eigenvalue weighted by Gasteiger charge is -2.19. The fourth-order valence-electron chi connectivity index (χ4n) is 4.19. The Balaban J connectivity index is 2.01. The minimum Gasteiger partial charge on any atom is -0.256 e. The Morgan fingerprint density at radius 2 is 1.38 bits per heavy atom. The SMILES string of the molecule is CCCCCCCC[C@H]1CCC[C@@H]1CCCCCCC(=O)[N+](=O)[O-]. The lowest BCUT2D eigenvalue weighted by molar-refractivity contribution is -0.402. The van der Waals surface area contributed by atoms with Gasteiger partial charge in [0.25, 0.3) is 0 Å². The zero-order chi connectivity index (χ0) is 17.6. The maximum atomic E-state index is 10.9. The number of nitrogens with zero attached hydrogens (tertiary/aromatic N) is 1. The van der Waals surface area contributed by atoms with Crippen LogP contribution in [-0.4, -0.2) is 10.8 Å². The van der Waals surface area contributed by atoms with E-state index in [1.54, 1.807) is 0 Å². The van der Waals surface area contributed by atoms with Crippen LogP contribution in [0, 0.1) is 22.0 Å². The lowest BCUT2D eigenvalue weighted by atomic mass is 9.86. The smallest absolute Gasteiger partial charge is 0.256 e. The number of unbranched alkanes of at least 4 members (excludes halogenated alkanes) is 8. The van der Waals surface area contributed by atoms with Crippen LogP contribution in [0.15, 0.2) is 0 Å². The highest BCUT2D eigenvalue weighted by atomic mass is 16.6. The number of carbonyl (C=O) groups is 1. The van der Waals surface area contributed by atoms with Crippen LogP contribution in [0.1, 0.15) is 110 Å². The van der Waals surface area contributed by atoms with E-state index in [1.165, 1.54) is 77.0 Å². The summed E-state index contributed by atoms with van der Waals surface area (Å²) < 4.78 is 0. The van der Waals surface area contributed by atoms with Crippen molar-refractivity contribution >= 4 is 5.91 Å². The number of hydrogen-bond donors (Lipinski definition) is 0. The zero-order valence-electron chi connectivity index (χ0n) is 15.6. The van der Waals surface area contributed by atoms with Gasteiger partial charge in [-0.25, -0.2) is 4.79 Å². The molecule has 1 amide bonds. The molecule has 140 valence electrons. The predicted molar refractivity (Wildman–Crippen MR) is 98.5 cm³/mol. The van der Waals surface area contributed by atoms with Gasteiger partial charge in [-0.2, -0.15) is 0 Å². The Morgan fingerprint density at radius 1 is 0.875 bits per heavy atom. The van der Waals surface area contributed by atoms with Crippen LogP contribution < -0.4 is 0 Å². The minimum absolute atomic E-state index is 0.108. The second-order valence-electron chi connectivity index (χ2n) is 7.61. The first-order valence-corrected chi connectivity index (χ1v) is 10.3. The van der Waals surface area contributed by atoms with Crippen molar-refractivity contribution < 1.29 is 9.72 Å². The van der Waals surface area contributed by atoms with E-state index in [0.717, 1.165) is 24.7 Å². The first-order chi connectivity index (χ1) is 11.6. The van der Waals surface area contributed by atoms with Crippen molar-refractivity contribution in [2.45, 2.75) is 110 Å². The fraction of sp³-hybridized carbons (Fsp3) is 0.950. The number of carbonyl (C=O) groups excluding carboxylic acids is 1. The molecule has 0 aliphatic heterocycles. The third kappa shape index (κ3) is 9.39. The Bertz CT molecular complexity index is 357. The molecule has 0 radical (unpaired) electrons. The average molecular weight is 340 g/mol. The molecule has 1 rings (SSSR count). The van der Waals surface area contributed by atoms with E-state index in [2.05, 4.69) is 6.92 Å². The Labute approximate surface area is 147 Å². The molecule has 4 nitrogen and oxygen atoms in total. The quantitative estimate of drug-likeness (QED) is 0.212. The number of amides is 1. The van der Waals surface area contributed by atoms with Gasteiger partial charge in [-0.15, -0.1) is 0 Å². The maximum Gasteiger partial charge on any atom is 0.444 e. The maximum absolute atomic E-state index is 10.9. The van der Waals surface area contributed by atoms with Crippen LogP contribution in [0.25, 0.3) is 0 Å². The van der Waals surface area contributed by atoms with E-state index in [9.17, 15) is 14.9 Å². The number of rotatable bonds is 14. The number of hydrogen-bond acceptors (Lipinski definition) is 3. The first kappa shape index (κ1) is 21.1.